The fourth-order valence-electron chi connectivity index (χ4n) is 1.74. The zero-order valence-corrected chi connectivity index (χ0v) is 10.3. The van der Waals surface area contributed by atoms with E-state index in [1.165, 1.54) is 4.57 Å². The molecule has 2 rings (SSSR count). The van der Waals surface area contributed by atoms with Gasteiger partial charge in [-0.25, -0.2) is 4.98 Å². The summed E-state index contributed by atoms with van der Waals surface area (Å²) < 4.78 is 6.98. The minimum absolute atomic E-state index is 0.00584. The van der Waals surface area contributed by atoms with Crippen LogP contribution in [0.2, 0.25) is 0 Å². The first-order valence-electron chi connectivity index (χ1n) is 5.17. The van der Waals surface area contributed by atoms with Gasteiger partial charge in [-0.15, -0.1) is 0 Å². The number of aryl methyl sites for hydroxylation is 1. The molecule has 0 aromatic carbocycles. The molecule has 0 spiro atoms. The highest BCUT2D eigenvalue weighted by atomic mass is 32.1. The summed E-state index contributed by atoms with van der Waals surface area (Å²) in [4.78, 5) is 18.4. The maximum absolute atomic E-state index is 10.6. The normalized spacial score (nSPS) is 18.9. The number of ether oxygens (including phenoxy) is 1. The van der Waals surface area contributed by atoms with Gasteiger partial charge in [-0.3, -0.25) is 9.36 Å². The number of aliphatic hydroxyl groups excluding tert-OH is 2. The fourth-order valence-corrected chi connectivity index (χ4v) is 2.09. The summed E-state index contributed by atoms with van der Waals surface area (Å²) >= 11 is 5.05. The molecule has 18 heavy (non-hydrogen) atoms. The predicted molar refractivity (Wildman–Crippen MR) is 62.5 cm³/mol. The molecule has 1 aromatic rings. The van der Waals surface area contributed by atoms with Crippen LogP contribution in [0.4, 0.5) is 0 Å². The van der Waals surface area contributed by atoms with E-state index >= 15 is 0 Å². The molecule has 1 aliphatic rings. The van der Waals surface area contributed by atoms with E-state index in [4.69, 9.17) is 22.1 Å². The van der Waals surface area contributed by atoms with Crippen LogP contribution in [-0.4, -0.2) is 37.6 Å². The van der Waals surface area contributed by atoms with Crippen molar-refractivity contribution < 1.29 is 19.7 Å². The molecule has 1 aromatic heterocycles. The Morgan fingerprint density at radius 1 is 1.61 bits per heavy atom. The van der Waals surface area contributed by atoms with Crippen LogP contribution in [-0.2, 0) is 4.74 Å². The van der Waals surface area contributed by atoms with Crippen LogP contribution in [0.25, 0.3) is 0 Å². The van der Waals surface area contributed by atoms with Crippen LogP contribution in [0.15, 0.2) is 11.5 Å². The van der Waals surface area contributed by atoms with Gasteiger partial charge in [0.2, 0.25) is 4.77 Å². The minimum atomic E-state index is -0.597. The lowest BCUT2D eigenvalue weighted by Gasteiger charge is -2.17. The van der Waals surface area contributed by atoms with E-state index < -0.39 is 6.23 Å². The van der Waals surface area contributed by atoms with Crippen molar-refractivity contribution in [2.24, 2.45) is 0 Å². The maximum atomic E-state index is 10.6. The van der Waals surface area contributed by atoms with Gasteiger partial charge >= 0.3 is 0 Å². The van der Waals surface area contributed by atoms with E-state index in [0.29, 0.717) is 12.1 Å². The molecule has 0 saturated heterocycles. The summed E-state index contributed by atoms with van der Waals surface area (Å²) in [6, 6.07) is 0. The molecule has 0 bridgehead atoms. The summed E-state index contributed by atoms with van der Waals surface area (Å²) in [7, 11) is 0. The van der Waals surface area contributed by atoms with Crippen LogP contribution in [0, 0.1) is 11.7 Å². The molecule has 0 fully saturated rings. The van der Waals surface area contributed by atoms with Gasteiger partial charge in [-0.05, 0) is 19.1 Å². The third-order valence-corrected chi connectivity index (χ3v) is 2.83. The molecule has 0 unspecified atom stereocenters. The first kappa shape index (κ1) is 12.7. The summed E-state index contributed by atoms with van der Waals surface area (Å²) in [5.74, 6) is 0.546. The smallest absolute Gasteiger partial charge is 0.206 e. The van der Waals surface area contributed by atoms with Gasteiger partial charge in [0.1, 0.15) is 18.2 Å². The lowest BCUT2D eigenvalue weighted by Crippen LogP contribution is -2.17. The average Bonchev–Trinajstić information content (AvgIpc) is 2.69. The number of aldehydes is 1. The number of carbonyl (C=O) groups is 1. The molecule has 8 heteroatoms. The fraction of sp³-hybridized carbons (Fsp3) is 0.400. The molecule has 0 aliphatic carbocycles. The van der Waals surface area contributed by atoms with Crippen LogP contribution in [0.1, 0.15) is 29.1 Å². The van der Waals surface area contributed by atoms with Crippen molar-refractivity contribution in [3.63, 3.8) is 0 Å². The van der Waals surface area contributed by atoms with E-state index in [2.05, 4.69) is 9.97 Å². The number of nitrogens with zero attached hydrogens (tertiary/aromatic N) is 3. The van der Waals surface area contributed by atoms with Gasteiger partial charge in [0.15, 0.2) is 24.1 Å². The lowest BCUT2D eigenvalue weighted by atomic mass is 10.3. The second kappa shape index (κ2) is 4.83. The van der Waals surface area contributed by atoms with Crippen molar-refractivity contribution in [1.82, 2.24) is 14.5 Å². The molecule has 1 aliphatic heterocycles. The number of hydrogen-bond donors (Lipinski definition) is 2. The van der Waals surface area contributed by atoms with Gasteiger partial charge in [-0.2, -0.15) is 4.98 Å². The Balaban J connectivity index is 2.38. The topological polar surface area (TPSA) is 97.5 Å². The van der Waals surface area contributed by atoms with Gasteiger partial charge in [0.05, 0.1) is 6.42 Å². The van der Waals surface area contributed by atoms with Crippen molar-refractivity contribution in [2.45, 2.75) is 19.6 Å². The zero-order valence-electron chi connectivity index (χ0n) is 9.53. The summed E-state index contributed by atoms with van der Waals surface area (Å²) in [5.41, 5.74) is 0. The van der Waals surface area contributed by atoms with Gasteiger partial charge in [-0.1, -0.05) is 0 Å². The van der Waals surface area contributed by atoms with Crippen molar-refractivity contribution in [3.05, 3.63) is 27.9 Å². The standard InChI is InChI=1S/C10H11N3O4S/c1-5-11-8(4-15)12-10(18)13(5)9-2-6(16)7(3-14)17-9/h4,9,14,16H,2-3H2,1H3/t9-/m1/s1. The SMILES string of the molecule is Cc1nc(C=O)nc(=S)n1[C@H]1CC(O)=C(CO)O1. The Hall–Kier alpha value is -1.80. The van der Waals surface area contributed by atoms with Crippen LogP contribution in [0.3, 0.4) is 0 Å². The molecular formula is C10H11N3O4S. The van der Waals surface area contributed by atoms with Gasteiger partial charge in [0, 0.05) is 0 Å². The van der Waals surface area contributed by atoms with E-state index in [-0.39, 0.29) is 35.1 Å². The van der Waals surface area contributed by atoms with Crippen molar-refractivity contribution in [2.75, 3.05) is 6.61 Å². The first-order valence-corrected chi connectivity index (χ1v) is 5.58. The molecule has 0 radical (unpaired) electrons. The van der Waals surface area contributed by atoms with Crippen LogP contribution < -0.4 is 0 Å². The number of aliphatic hydroxyl groups is 2. The van der Waals surface area contributed by atoms with Crippen LogP contribution >= 0.6 is 12.2 Å². The zero-order chi connectivity index (χ0) is 13.3. The van der Waals surface area contributed by atoms with E-state index in [1.54, 1.807) is 6.92 Å². The molecule has 2 N–H and O–H groups in total. The molecule has 2 heterocycles. The van der Waals surface area contributed by atoms with E-state index in [0.717, 1.165) is 0 Å². The largest absolute Gasteiger partial charge is 0.508 e. The Kier molecular flexibility index (Phi) is 3.39. The monoisotopic (exact) mass is 269 g/mol. The molecule has 0 amide bonds. The van der Waals surface area contributed by atoms with Crippen molar-refractivity contribution in [1.29, 1.82) is 0 Å². The predicted octanol–water partition coefficient (Wildman–Crippen LogP) is 0.809. The summed E-state index contributed by atoms with van der Waals surface area (Å²) in [5, 5.41) is 18.5. The van der Waals surface area contributed by atoms with Gasteiger partial charge < -0.3 is 14.9 Å². The Morgan fingerprint density at radius 2 is 2.33 bits per heavy atom. The maximum Gasteiger partial charge on any atom is 0.206 e. The molecule has 1 atom stereocenters. The summed E-state index contributed by atoms with van der Waals surface area (Å²) in [6.45, 7) is 1.27. The Labute approximate surface area is 107 Å². The number of hydrogen-bond acceptors (Lipinski definition) is 7. The average molecular weight is 269 g/mol. The Bertz CT molecular complexity index is 581. The molecule has 96 valence electrons. The molecular weight excluding hydrogens is 258 g/mol. The van der Waals surface area contributed by atoms with Crippen molar-refractivity contribution >= 4 is 18.5 Å². The third kappa shape index (κ3) is 2.12. The Morgan fingerprint density at radius 3 is 2.83 bits per heavy atom. The lowest BCUT2D eigenvalue weighted by molar-refractivity contribution is 0.0579. The number of aromatic nitrogens is 3. The highest BCUT2D eigenvalue weighted by molar-refractivity contribution is 7.71. The molecule has 0 saturated carbocycles. The summed E-state index contributed by atoms with van der Waals surface area (Å²) in [6.07, 6.45) is 0.0900. The first-order chi connectivity index (χ1) is 8.56. The highest BCUT2D eigenvalue weighted by Gasteiger charge is 2.28. The van der Waals surface area contributed by atoms with Crippen LogP contribution in [0.5, 0.6) is 0 Å². The second-order valence-corrected chi connectivity index (χ2v) is 4.07. The quantitative estimate of drug-likeness (QED) is 0.619. The van der Waals surface area contributed by atoms with Crippen molar-refractivity contribution in [3.8, 4) is 0 Å². The third-order valence-electron chi connectivity index (χ3n) is 2.55. The van der Waals surface area contributed by atoms with Gasteiger partial charge in [0.25, 0.3) is 0 Å². The van der Waals surface area contributed by atoms with E-state index in [1.807, 2.05) is 0 Å². The minimum Gasteiger partial charge on any atom is -0.508 e. The number of rotatable bonds is 3. The van der Waals surface area contributed by atoms with E-state index in [9.17, 15) is 9.90 Å². The highest BCUT2D eigenvalue weighted by Crippen LogP contribution is 2.30. The second-order valence-electron chi connectivity index (χ2n) is 3.70. The molecule has 7 nitrogen and oxygen atoms in total. The number of carbonyl (C=O) groups excluding carboxylic acids is 1.